The highest BCUT2D eigenvalue weighted by Gasteiger charge is 2.20. The fraction of sp³-hybridized carbons (Fsp3) is 0. The van der Waals surface area contributed by atoms with Crippen LogP contribution in [0, 0.1) is 0 Å². The van der Waals surface area contributed by atoms with Gasteiger partial charge in [-0.25, -0.2) is 44.1 Å². The molecule has 0 radical (unpaired) electrons. The van der Waals surface area contributed by atoms with E-state index in [9.17, 15) is 0 Å². The molecule has 18 aromatic rings. The van der Waals surface area contributed by atoms with Gasteiger partial charge in [0, 0.05) is 76.8 Å². The molecule has 440 valence electrons. The van der Waals surface area contributed by atoms with Gasteiger partial charge in [0.25, 0.3) is 0 Å². The lowest BCUT2D eigenvalue weighted by Gasteiger charge is -2.12. The molecule has 0 spiro atoms. The van der Waals surface area contributed by atoms with Crippen molar-refractivity contribution in [3.05, 3.63) is 297 Å². The Morgan fingerprint density at radius 1 is 0.191 bits per heavy atom. The van der Waals surface area contributed by atoms with Crippen molar-refractivity contribution >= 4 is 65.4 Å². The second kappa shape index (κ2) is 23.7. The van der Waals surface area contributed by atoms with Crippen molar-refractivity contribution in [2.45, 2.75) is 0 Å². The summed E-state index contributed by atoms with van der Waals surface area (Å²) in [5.74, 6) is 2.60. The second-order valence-corrected chi connectivity index (χ2v) is 22.7. The zero-order chi connectivity index (χ0) is 62.3. The van der Waals surface area contributed by atoms with Gasteiger partial charge in [-0.2, -0.15) is 0 Å². The Hall–Kier alpha value is -13.1. The Labute approximate surface area is 537 Å². The van der Waals surface area contributed by atoms with Crippen molar-refractivity contribution in [2.75, 3.05) is 0 Å². The lowest BCUT2D eigenvalue weighted by molar-refractivity contribution is 0.316. The van der Waals surface area contributed by atoms with Crippen LogP contribution in [0.15, 0.2) is 307 Å². The van der Waals surface area contributed by atoms with Crippen molar-refractivity contribution in [3.63, 3.8) is 0 Å². The van der Waals surface area contributed by atoms with Crippen LogP contribution >= 0.6 is 0 Å². The maximum absolute atomic E-state index is 5.13. The van der Waals surface area contributed by atoms with Crippen molar-refractivity contribution in [2.24, 2.45) is 0 Å². The third kappa shape index (κ3) is 10.4. The van der Waals surface area contributed by atoms with Gasteiger partial charge in [0.15, 0.2) is 23.3 Å². The molecule has 0 unspecified atom stereocenters. The maximum atomic E-state index is 5.13. The Kier molecular flexibility index (Phi) is 13.8. The van der Waals surface area contributed by atoms with Gasteiger partial charge in [-0.15, -0.1) is 0 Å². The molecule has 13 nitrogen and oxygen atoms in total. The van der Waals surface area contributed by atoms with Crippen molar-refractivity contribution in [1.82, 2.24) is 55.5 Å². The molecular formula is C81H49N11O2. The summed E-state index contributed by atoms with van der Waals surface area (Å²) >= 11 is 0. The number of hydrogen-bond donors (Lipinski definition) is 0. The molecular weight excluding hydrogens is 1160 g/mol. The van der Waals surface area contributed by atoms with E-state index in [1.807, 2.05) is 158 Å². The topological polar surface area (TPSA) is 168 Å². The van der Waals surface area contributed by atoms with Crippen LogP contribution in [0.5, 0.6) is 0 Å². The van der Waals surface area contributed by atoms with Gasteiger partial charge in [0.1, 0.15) is 22.1 Å². The van der Waals surface area contributed by atoms with Crippen LogP contribution in [-0.2, 0) is 0 Å². The smallest absolute Gasteiger partial charge is 0.164 e. The van der Waals surface area contributed by atoms with E-state index in [1.165, 1.54) is 0 Å². The summed E-state index contributed by atoms with van der Waals surface area (Å²) in [6.45, 7) is 0. The highest BCUT2D eigenvalue weighted by Crippen LogP contribution is 2.40. The molecule has 0 saturated heterocycles. The van der Waals surface area contributed by atoms with Crippen LogP contribution in [0.4, 0.5) is 0 Å². The molecule has 0 amide bonds. The van der Waals surface area contributed by atoms with Gasteiger partial charge in [0.05, 0.1) is 33.8 Å². The van der Waals surface area contributed by atoms with Gasteiger partial charge < -0.3 is 0 Å². The fourth-order valence-corrected chi connectivity index (χ4v) is 12.4. The Morgan fingerprint density at radius 2 is 0.521 bits per heavy atom. The van der Waals surface area contributed by atoms with Crippen molar-refractivity contribution < 1.29 is 9.26 Å². The van der Waals surface area contributed by atoms with E-state index in [4.69, 9.17) is 44.1 Å². The lowest BCUT2D eigenvalue weighted by atomic mass is 9.96. The third-order valence-electron chi connectivity index (χ3n) is 17.0. The number of benzene rings is 12. The van der Waals surface area contributed by atoms with Gasteiger partial charge in [-0.05, 0) is 97.5 Å². The average Bonchev–Trinajstić information content (AvgIpc) is 1.27. The van der Waals surface area contributed by atoms with Crippen LogP contribution in [0.1, 0.15) is 0 Å². The molecule has 13 heteroatoms. The van der Waals surface area contributed by atoms with E-state index in [0.717, 1.165) is 155 Å². The first kappa shape index (κ1) is 55.0. The first-order chi connectivity index (χ1) is 46.6. The zero-order valence-electron chi connectivity index (χ0n) is 50.0. The van der Waals surface area contributed by atoms with Crippen LogP contribution < -0.4 is 0 Å². The zero-order valence-corrected chi connectivity index (χ0v) is 50.0. The van der Waals surface area contributed by atoms with Crippen LogP contribution in [0.25, 0.3) is 178 Å². The second-order valence-electron chi connectivity index (χ2n) is 22.7. The van der Waals surface area contributed by atoms with Crippen LogP contribution in [-0.4, -0.2) is 55.5 Å². The molecule has 0 N–H and O–H groups in total. The number of fused-ring (bicyclic) bond motifs is 10. The standard InChI is InChI=1S/C41H25N5O.C40H24N6O/c1-3-10-27(11-4-1)36-25-37(44-41(43-36)29-12-5-2-6-13-29)28-20-18-26(19-21-28)30-14-9-15-31(24-30)39-33-22-23-35-40(46-47-45-35)38(33)32-16-7-8-17-34(32)42-39;1-3-10-26(11-4-1)38-42-39(27-12-5-2-6-13-27)44-40(43-38)28-20-18-25(19-21-28)29-14-9-15-30(24-29)36-32-22-23-34-37(46-47-45-34)35(32)31-16-7-8-17-33(31)41-36/h1-25H;1-24H. The Balaban J connectivity index is 0.000000143. The summed E-state index contributed by atoms with van der Waals surface area (Å²) in [5.41, 5.74) is 20.5. The van der Waals surface area contributed by atoms with Crippen molar-refractivity contribution in [3.8, 4) is 113 Å². The predicted molar refractivity (Wildman–Crippen MR) is 373 cm³/mol. The highest BCUT2D eigenvalue weighted by molar-refractivity contribution is 6.22. The Morgan fingerprint density at radius 3 is 0.957 bits per heavy atom. The molecule has 0 aliphatic heterocycles. The van der Waals surface area contributed by atoms with Crippen LogP contribution in [0.2, 0.25) is 0 Å². The van der Waals surface area contributed by atoms with Crippen molar-refractivity contribution in [1.29, 1.82) is 0 Å². The number of para-hydroxylation sites is 2. The lowest BCUT2D eigenvalue weighted by Crippen LogP contribution is -2.00. The molecule has 0 fully saturated rings. The van der Waals surface area contributed by atoms with E-state index in [2.05, 4.69) is 160 Å². The minimum atomic E-state index is 0.624. The quantitative estimate of drug-likeness (QED) is 0.119. The predicted octanol–water partition coefficient (Wildman–Crippen LogP) is 19.5. The Bertz CT molecular complexity index is 5370. The number of hydrogen-bond acceptors (Lipinski definition) is 13. The highest BCUT2D eigenvalue weighted by atomic mass is 16.6. The molecule has 6 heterocycles. The maximum Gasteiger partial charge on any atom is 0.164 e. The number of rotatable bonds is 10. The normalized spacial score (nSPS) is 11.4. The molecule has 6 aromatic heterocycles. The first-order valence-corrected chi connectivity index (χ1v) is 30.7. The summed E-state index contributed by atoms with van der Waals surface area (Å²) in [7, 11) is 0. The van der Waals surface area contributed by atoms with Gasteiger partial charge in [-0.1, -0.05) is 243 Å². The minimum absolute atomic E-state index is 0.624. The molecule has 0 saturated carbocycles. The van der Waals surface area contributed by atoms with E-state index >= 15 is 0 Å². The van der Waals surface area contributed by atoms with Crippen LogP contribution in [0.3, 0.4) is 0 Å². The summed E-state index contributed by atoms with van der Waals surface area (Å²) in [5, 5.41) is 22.7. The fourth-order valence-electron chi connectivity index (χ4n) is 12.4. The molecule has 18 rings (SSSR count). The van der Waals surface area contributed by atoms with Gasteiger partial charge in [0.2, 0.25) is 0 Å². The molecule has 0 aliphatic carbocycles. The van der Waals surface area contributed by atoms with E-state index in [-0.39, 0.29) is 0 Å². The molecule has 0 atom stereocenters. The number of aromatic nitrogens is 11. The molecule has 0 aliphatic rings. The van der Waals surface area contributed by atoms with Gasteiger partial charge >= 0.3 is 0 Å². The minimum Gasteiger partial charge on any atom is -0.247 e. The third-order valence-corrected chi connectivity index (χ3v) is 17.0. The first-order valence-electron chi connectivity index (χ1n) is 30.7. The SMILES string of the molecule is c1ccc(-c2cc(-c3ccc(-c4cccc(-c5nc6ccccc6c6c5ccc5nonc56)c4)cc3)nc(-c3ccccc3)n2)cc1.c1ccc(-c2nc(-c3ccccc3)nc(-c3ccc(-c4cccc(-c5nc6ccccc6c6c5ccc5nonc56)c4)cc3)n2)cc1. The summed E-state index contributed by atoms with van der Waals surface area (Å²) in [4.78, 5) is 34.7. The van der Waals surface area contributed by atoms with E-state index < -0.39 is 0 Å². The monoisotopic (exact) mass is 1210 g/mol. The average molecular weight is 1210 g/mol. The van der Waals surface area contributed by atoms with E-state index in [1.54, 1.807) is 0 Å². The number of nitrogens with zero attached hydrogens (tertiary/aromatic N) is 11. The summed E-state index contributed by atoms with van der Waals surface area (Å²) in [6.07, 6.45) is 0. The van der Waals surface area contributed by atoms with Gasteiger partial charge in [-0.3, -0.25) is 0 Å². The molecule has 12 aromatic carbocycles. The van der Waals surface area contributed by atoms with E-state index in [0.29, 0.717) is 23.3 Å². The summed E-state index contributed by atoms with van der Waals surface area (Å²) in [6, 6.07) is 101. The largest absolute Gasteiger partial charge is 0.247 e. The summed E-state index contributed by atoms with van der Waals surface area (Å²) < 4.78 is 10.2. The molecule has 94 heavy (non-hydrogen) atoms. The number of pyridine rings is 2. The molecule has 0 bridgehead atoms.